The van der Waals surface area contributed by atoms with E-state index in [1.54, 1.807) is 0 Å². The van der Waals surface area contributed by atoms with E-state index in [0.717, 1.165) is 19.3 Å². The Kier molecular flexibility index (Phi) is 6.22. The largest absolute Gasteiger partial charge is 0.394 e. The maximum absolute atomic E-state index is 10.1. The third-order valence-electron chi connectivity index (χ3n) is 5.12. The average molecular weight is 318 g/mol. The normalized spacial score (nSPS) is 46.9. The van der Waals surface area contributed by atoms with Crippen LogP contribution in [0.15, 0.2) is 0 Å². The van der Waals surface area contributed by atoms with Gasteiger partial charge in [-0.1, -0.05) is 27.2 Å². The summed E-state index contributed by atoms with van der Waals surface area (Å²) in [6.07, 6.45) is -2.90. The molecule has 2 fully saturated rings. The molecule has 6 heteroatoms. The number of hydrogen-bond acceptors (Lipinski definition) is 6. The van der Waals surface area contributed by atoms with Crippen molar-refractivity contribution >= 4 is 0 Å². The first kappa shape index (κ1) is 18.1. The van der Waals surface area contributed by atoms with Gasteiger partial charge in [0.1, 0.15) is 24.4 Å². The average Bonchev–Trinajstić information content (AvgIpc) is 2.47. The molecule has 8 atom stereocenters. The molecular formula is C16H30O6. The Morgan fingerprint density at radius 2 is 1.77 bits per heavy atom. The lowest BCUT2D eigenvalue weighted by Gasteiger charge is -2.44. The van der Waals surface area contributed by atoms with Gasteiger partial charge in [0, 0.05) is 0 Å². The molecule has 0 radical (unpaired) electrons. The fourth-order valence-corrected chi connectivity index (χ4v) is 3.62. The molecule has 0 bridgehead atoms. The van der Waals surface area contributed by atoms with E-state index in [1.807, 2.05) is 0 Å². The lowest BCUT2D eigenvalue weighted by atomic mass is 9.75. The van der Waals surface area contributed by atoms with E-state index in [-0.39, 0.29) is 6.10 Å². The number of aliphatic hydroxyl groups is 4. The first-order chi connectivity index (χ1) is 10.3. The van der Waals surface area contributed by atoms with E-state index in [0.29, 0.717) is 17.8 Å². The fraction of sp³-hybridized carbons (Fsp3) is 1.00. The number of rotatable bonds is 4. The van der Waals surface area contributed by atoms with Crippen LogP contribution in [0.5, 0.6) is 0 Å². The molecular weight excluding hydrogens is 288 g/mol. The summed E-state index contributed by atoms with van der Waals surface area (Å²) in [4.78, 5) is 0. The van der Waals surface area contributed by atoms with Gasteiger partial charge in [0.15, 0.2) is 6.29 Å². The molecule has 0 spiro atoms. The van der Waals surface area contributed by atoms with E-state index < -0.39 is 37.3 Å². The minimum atomic E-state index is -1.38. The highest BCUT2D eigenvalue weighted by Crippen LogP contribution is 2.37. The van der Waals surface area contributed by atoms with Gasteiger partial charge in [0.2, 0.25) is 0 Å². The summed E-state index contributed by atoms with van der Waals surface area (Å²) < 4.78 is 11.4. The van der Waals surface area contributed by atoms with Gasteiger partial charge in [-0.3, -0.25) is 0 Å². The molecule has 1 saturated heterocycles. The van der Waals surface area contributed by atoms with Gasteiger partial charge >= 0.3 is 0 Å². The molecule has 1 aliphatic heterocycles. The minimum absolute atomic E-state index is 0.0508. The monoisotopic (exact) mass is 318 g/mol. The highest BCUT2D eigenvalue weighted by atomic mass is 16.7. The second kappa shape index (κ2) is 7.55. The van der Waals surface area contributed by atoms with Crippen molar-refractivity contribution in [3.8, 4) is 0 Å². The Hall–Kier alpha value is -0.240. The van der Waals surface area contributed by atoms with Crippen molar-refractivity contribution in [1.82, 2.24) is 0 Å². The Balaban J connectivity index is 2.06. The number of hydrogen-bond donors (Lipinski definition) is 4. The topological polar surface area (TPSA) is 99.4 Å². The molecule has 1 aliphatic carbocycles. The van der Waals surface area contributed by atoms with Gasteiger partial charge in [0.05, 0.1) is 12.7 Å². The summed E-state index contributed by atoms with van der Waals surface area (Å²) in [6.45, 7) is 6.06. The molecule has 0 aromatic carbocycles. The standard InChI is InChI=1S/C16H30O6/c1-8(2)10-5-4-9(3)6-11(10)21-16-15(20)14(19)13(18)12(7-17)22-16/h8-20H,4-7H2,1-3H3/t9-,10+,11+,12-,13+,14-,15-,16+/m1/s1. The van der Waals surface area contributed by atoms with E-state index >= 15 is 0 Å². The first-order valence-corrected chi connectivity index (χ1v) is 8.31. The van der Waals surface area contributed by atoms with Crippen LogP contribution in [0, 0.1) is 17.8 Å². The smallest absolute Gasteiger partial charge is 0.186 e. The quantitative estimate of drug-likeness (QED) is 0.593. The molecule has 0 aromatic heterocycles. The SMILES string of the molecule is CC(C)[C@@H]1CC[C@@H](C)C[C@@H]1O[C@H]1O[C@H](CO)[C@H](O)[C@@H](O)[C@H]1O. The van der Waals surface area contributed by atoms with Gasteiger partial charge in [-0.05, 0) is 30.6 Å². The Morgan fingerprint density at radius 1 is 1.09 bits per heavy atom. The summed E-state index contributed by atoms with van der Waals surface area (Å²) >= 11 is 0. The number of ether oxygens (including phenoxy) is 2. The Bertz CT molecular complexity index is 348. The zero-order valence-corrected chi connectivity index (χ0v) is 13.6. The van der Waals surface area contributed by atoms with Gasteiger partial charge in [-0.25, -0.2) is 0 Å². The predicted molar refractivity (Wildman–Crippen MR) is 80.0 cm³/mol. The lowest BCUT2D eigenvalue weighted by molar-refractivity contribution is -0.318. The molecule has 2 rings (SSSR count). The second-order valence-electron chi connectivity index (χ2n) is 7.20. The van der Waals surface area contributed by atoms with Crippen molar-refractivity contribution < 1.29 is 29.9 Å². The van der Waals surface area contributed by atoms with E-state index in [4.69, 9.17) is 9.47 Å². The van der Waals surface area contributed by atoms with Crippen LogP contribution in [-0.4, -0.2) is 63.8 Å². The molecule has 22 heavy (non-hydrogen) atoms. The summed E-state index contributed by atoms with van der Waals surface area (Å²) in [6, 6.07) is 0. The third-order valence-corrected chi connectivity index (χ3v) is 5.12. The molecule has 4 N–H and O–H groups in total. The van der Waals surface area contributed by atoms with Crippen molar-refractivity contribution in [2.45, 2.75) is 76.8 Å². The van der Waals surface area contributed by atoms with Crippen molar-refractivity contribution in [2.24, 2.45) is 17.8 Å². The molecule has 0 unspecified atom stereocenters. The predicted octanol–water partition coefficient (Wildman–Crippen LogP) is 0.264. The molecule has 1 saturated carbocycles. The van der Waals surface area contributed by atoms with Gasteiger partial charge in [-0.15, -0.1) is 0 Å². The fourth-order valence-electron chi connectivity index (χ4n) is 3.62. The molecule has 2 aliphatic rings. The zero-order chi connectivity index (χ0) is 16.4. The van der Waals surface area contributed by atoms with Gasteiger partial charge in [0.25, 0.3) is 0 Å². The van der Waals surface area contributed by atoms with Crippen LogP contribution in [0.25, 0.3) is 0 Å². The maximum atomic E-state index is 10.1. The molecule has 0 amide bonds. The maximum Gasteiger partial charge on any atom is 0.186 e. The lowest BCUT2D eigenvalue weighted by Crippen LogP contribution is -2.60. The van der Waals surface area contributed by atoms with Crippen molar-refractivity contribution in [3.63, 3.8) is 0 Å². The first-order valence-electron chi connectivity index (χ1n) is 8.31. The van der Waals surface area contributed by atoms with Gasteiger partial charge < -0.3 is 29.9 Å². The van der Waals surface area contributed by atoms with Crippen LogP contribution in [-0.2, 0) is 9.47 Å². The van der Waals surface area contributed by atoms with Crippen LogP contribution in [0.1, 0.15) is 40.0 Å². The molecule has 6 nitrogen and oxygen atoms in total. The van der Waals surface area contributed by atoms with E-state index in [9.17, 15) is 20.4 Å². The summed E-state index contributed by atoms with van der Waals surface area (Å²) in [7, 11) is 0. The second-order valence-corrected chi connectivity index (χ2v) is 7.20. The highest BCUT2D eigenvalue weighted by Gasteiger charge is 2.46. The van der Waals surface area contributed by atoms with Crippen LogP contribution < -0.4 is 0 Å². The zero-order valence-electron chi connectivity index (χ0n) is 13.6. The molecule has 1 heterocycles. The summed E-state index contributed by atoms with van der Waals surface area (Å²) in [5.41, 5.74) is 0. The summed E-state index contributed by atoms with van der Waals surface area (Å²) in [5, 5.41) is 39.0. The van der Waals surface area contributed by atoms with Crippen molar-refractivity contribution in [1.29, 1.82) is 0 Å². The minimum Gasteiger partial charge on any atom is -0.394 e. The van der Waals surface area contributed by atoms with E-state index in [1.165, 1.54) is 0 Å². The Labute approximate surface area is 132 Å². The summed E-state index contributed by atoms with van der Waals surface area (Å²) in [5.74, 6) is 1.39. The van der Waals surface area contributed by atoms with Crippen LogP contribution in [0.2, 0.25) is 0 Å². The highest BCUT2D eigenvalue weighted by molar-refractivity contribution is 4.90. The Morgan fingerprint density at radius 3 is 2.36 bits per heavy atom. The van der Waals surface area contributed by atoms with Crippen molar-refractivity contribution in [2.75, 3.05) is 6.61 Å². The van der Waals surface area contributed by atoms with Gasteiger partial charge in [-0.2, -0.15) is 0 Å². The van der Waals surface area contributed by atoms with Crippen LogP contribution in [0.4, 0.5) is 0 Å². The van der Waals surface area contributed by atoms with Crippen LogP contribution in [0.3, 0.4) is 0 Å². The van der Waals surface area contributed by atoms with Crippen LogP contribution >= 0.6 is 0 Å². The molecule has 0 aromatic rings. The van der Waals surface area contributed by atoms with E-state index in [2.05, 4.69) is 20.8 Å². The molecule has 130 valence electrons. The number of aliphatic hydroxyl groups excluding tert-OH is 4. The van der Waals surface area contributed by atoms with Crippen molar-refractivity contribution in [3.05, 3.63) is 0 Å². The third kappa shape index (κ3) is 3.80.